The Balaban J connectivity index is 1.67. The van der Waals surface area contributed by atoms with Crippen molar-refractivity contribution in [3.63, 3.8) is 0 Å². The lowest BCUT2D eigenvalue weighted by molar-refractivity contribution is -0.138. The molecule has 2 aromatic heterocycles. The van der Waals surface area contributed by atoms with Crippen molar-refractivity contribution in [2.24, 2.45) is 0 Å². The molecule has 1 aromatic carbocycles. The van der Waals surface area contributed by atoms with Crippen molar-refractivity contribution in [2.75, 3.05) is 5.32 Å². The summed E-state index contributed by atoms with van der Waals surface area (Å²) in [4.78, 5) is 4.49. The molecule has 0 atom stereocenters. The molecule has 9 heteroatoms. The summed E-state index contributed by atoms with van der Waals surface area (Å²) in [7, 11) is 0. The Bertz CT molecular complexity index is 1140. The number of anilines is 1. The van der Waals surface area contributed by atoms with Gasteiger partial charge in [-0.15, -0.1) is 5.10 Å². The second kappa shape index (κ2) is 8.29. The zero-order valence-electron chi connectivity index (χ0n) is 17.9. The lowest BCUT2D eigenvalue weighted by Crippen LogP contribution is -2.33. The van der Waals surface area contributed by atoms with Gasteiger partial charge in [0.2, 0.25) is 0 Å². The number of aromatic nitrogens is 3. The van der Waals surface area contributed by atoms with Crippen molar-refractivity contribution in [1.82, 2.24) is 15.2 Å². The monoisotopic (exact) mass is 446 g/mol. The van der Waals surface area contributed by atoms with Crippen LogP contribution in [0.1, 0.15) is 53.6 Å². The SMILES string of the molecule is Cc1c(CNc2nnc(C)c3ncc(C4(O)CCC(O)CC4)cc23)cccc1C(F)(F)F. The Labute approximate surface area is 183 Å². The highest BCUT2D eigenvalue weighted by Crippen LogP contribution is 2.38. The second-order valence-electron chi connectivity index (χ2n) is 8.46. The molecule has 0 unspecified atom stereocenters. The lowest BCUT2D eigenvalue weighted by atomic mass is 9.79. The molecule has 0 radical (unpaired) electrons. The van der Waals surface area contributed by atoms with Gasteiger partial charge in [0.25, 0.3) is 0 Å². The zero-order chi connectivity index (χ0) is 23.1. The predicted octanol–water partition coefficient (Wildman–Crippen LogP) is 4.40. The molecule has 4 rings (SSSR count). The number of benzene rings is 1. The molecule has 1 fully saturated rings. The molecule has 0 bridgehead atoms. The van der Waals surface area contributed by atoms with E-state index in [2.05, 4.69) is 20.5 Å². The minimum atomic E-state index is -4.42. The van der Waals surface area contributed by atoms with Gasteiger partial charge in [-0.2, -0.15) is 18.3 Å². The third-order valence-electron chi connectivity index (χ3n) is 6.30. The van der Waals surface area contributed by atoms with Crippen LogP contribution in [0, 0.1) is 13.8 Å². The van der Waals surface area contributed by atoms with Gasteiger partial charge in [0, 0.05) is 23.7 Å². The van der Waals surface area contributed by atoms with Gasteiger partial charge in [-0.05, 0) is 62.8 Å². The maximum Gasteiger partial charge on any atom is 0.416 e. The first-order valence-corrected chi connectivity index (χ1v) is 10.5. The van der Waals surface area contributed by atoms with E-state index in [1.807, 2.05) is 6.07 Å². The Morgan fingerprint density at radius 3 is 2.56 bits per heavy atom. The second-order valence-corrected chi connectivity index (χ2v) is 8.46. The summed E-state index contributed by atoms with van der Waals surface area (Å²) in [5.41, 5.74) is 0.742. The van der Waals surface area contributed by atoms with Crippen LogP contribution in [-0.4, -0.2) is 31.5 Å². The van der Waals surface area contributed by atoms with Gasteiger partial charge in [-0.3, -0.25) is 4.98 Å². The maximum absolute atomic E-state index is 13.2. The molecule has 6 nitrogen and oxygen atoms in total. The van der Waals surface area contributed by atoms with Crippen LogP contribution >= 0.6 is 0 Å². The first kappa shape index (κ1) is 22.4. The molecule has 1 aliphatic carbocycles. The summed E-state index contributed by atoms with van der Waals surface area (Å²) in [6, 6.07) is 5.90. The van der Waals surface area contributed by atoms with Crippen molar-refractivity contribution in [2.45, 2.75) is 64.0 Å². The van der Waals surface area contributed by atoms with Crippen molar-refractivity contribution < 1.29 is 23.4 Å². The number of aliphatic hydroxyl groups is 2. The average molecular weight is 446 g/mol. The average Bonchev–Trinajstić information content (AvgIpc) is 2.75. The molecule has 0 spiro atoms. The number of alkyl halides is 3. The van der Waals surface area contributed by atoms with Crippen LogP contribution in [0.25, 0.3) is 10.9 Å². The number of aliphatic hydroxyl groups excluding tert-OH is 1. The highest BCUT2D eigenvalue weighted by atomic mass is 19.4. The fraction of sp³-hybridized carbons (Fsp3) is 0.435. The number of nitrogens with zero attached hydrogens (tertiary/aromatic N) is 3. The lowest BCUT2D eigenvalue weighted by Gasteiger charge is -2.34. The predicted molar refractivity (Wildman–Crippen MR) is 114 cm³/mol. The van der Waals surface area contributed by atoms with E-state index in [1.165, 1.54) is 13.0 Å². The molecule has 0 aliphatic heterocycles. The molecule has 3 aromatic rings. The normalized spacial score (nSPS) is 21.7. The van der Waals surface area contributed by atoms with Crippen LogP contribution in [0.2, 0.25) is 0 Å². The fourth-order valence-corrected chi connectivity index (χ4v) is 4.27. The van der Waals surface area contributed by atoms with Crippen LogP contribution in [0.15, 0.2) is 30.5 Å². The molecule has 3 N–H and O–H groups in total. The van der Waals surface area contributed by atoms with Crippen LogP contribution < -0.4 is 5.32 Å². The first-order chi connectivity index (χ1) is 15.1. The Hall–Kier alpha value is -2.78. The highest BCUT2D eigenvalue weighted by molar-refractivity contribution is 5.90. The number of halogens is 3. The third-order valence-corrected chi connectivity index (χ3v) is 6.30. The van der Waals surface area contributed by atoms with Crippen LogP contribution in [0.4, 0.5) is 19.0 Å². The van der Waals surface area contributed by atoms with Crippen molar-refractivity contribution in [1.29, 1.82) is 0 Å². The minimum absolute atomic E-state index is 0.128. The van der Waals surface area contributed by atoms with Crippen LogP contribution in [0.5, 0.6) is 0 Å². The Morgan fingerprint density at radius 2 is 1.88 bits per heavy atom. The van der Waals surface area contributed by atoms with E-state index < -0.39 is 23.4 Å². The van der Waals surface area contributed by atoms with Gasteiger partial charge in [-0.1, -0.05) is 12.1 Å². The van der Waals surface area contributed by atoms with Crippen LogP contribution in [-0.2, 0) is 18.3 Å². The zero-order valence-corrected chi connectivity index (χ0v) is 17.9. The van der Waals surface area contributed by atoms with Gasteiger partial charge >= 0.3 is 6.18 Å². The van der Waals surface area contributed by atoms with Gasteiger partial charge in [0.1, 0.15) is 0 Å². The van der Waals surface area contributed by atoms with Crippen LogP contribution in [0.3, 0.4) is 0 Å². The number of hydrogen-bond donors (Lipinski definition) is 3. The number of hydrogen-bond acceptors (Lipinski definition) is 6. The van der Waals surface area contributed by atoms with Crippen molar-refractivity contribution >= 4 is 16.7 Å². The van der Waals surface area contributed by atoms with E-state index in [9.17, 15) is 23.4 Å². The van der Waals surface area contributed by atoms with E-state index in [0.29, 0.717) is 59.2 Å². The molecule has 1 saturated carbocycles. The van der Waals surface area contributed by atoms with E-state index >= 15 is 0 Å². The van der Waals surface area contributed by atoms with Crippen molar-refractivity contribution in [3.8, 4) is 0 Å². The highest BCUT2D eigenvalue weighted by Gasteiger charge is 2.35. The summed E-state index contributed by atoms with van der Waals surface area (Å²) in [6.07, 6.45) is -1.36. The van der Waals surface area contributed by atoms with E-state index in [1.54, 1.807) is 19.2 Å². The van der Waals surface area contributed by atoms with E-state index in [-0.39, 0.29) is 12.1 Å². The first-order valence-electron chi connectivity index (χ1n) is 10.5. The molecule has 1 aliphatic rings. The van der Waals surface area contributed by atoms with E-state index in [4.69, 9.17) is 0 Å². The van der Waals surface area contributed by atoms with Gasteiger partial charge in [-0.25, -0.2) is 0 Å². The van der Waals surface area contributed by atoms with Gasteiger partial charge in [0.15, 0.2) is 5.82 Å². The largest absolute Gasteiger partial charge is 0.416 e. The Morgan fingerprint density at radius 1 is 1.16 bits per heavy atom. The minimum Gasteiger partial charge on any atom is -0.393 e. The maximum atomic E-state index is 13.2. The Kier molecular flexibility index (Phi) is 5.81. The molecular formula is C23H25F3N4O2. The van der Waals surface area contributed by atoms with Gasteiger partial charge in [0.05, 0.1) is 28.5 Å². The molecule has 0 amide bonds. The molecular weight excluding hydrogens is 421 g/mol. The smallest absolute Gasteiger partial charge is 0.393 e. The molecule has 32 heavy (non-hydrogen) atoms. The number of rotatable bonds is 4. The molecule has 2 heterocycles. The van der Waals surface area contributed by atoms with Crippen molar-refractivity contribution in [3.05, 3.63) is 58.4 Å². The topological polar surface area (TPSA) is 91.2 Å². The molecule has 170 valence electrons. The standard InChI is InChI=1S/C23H25F3N4O2/c1-13-15(4-3-5-19(13)23(24,25)26)11-28-21-18-10-16(12-27-20(18)14(2)29-30-21)22(32)8-6-17(31)7-9-22/h3-5,10,12,17,31-32H,6-9,11H2,1-2H3,(H,28,30). The molecule has 0 saturated heterocycles. The summed E-state index contributed by atoms with van der Waals surface area (Å²) in [5.74, 6) is 0.385. The van der Waals surface area contributed by atoms with E-state index in [0.717, 1.165) is 6.07 Å². The number of nitrogens with one attached hydrogen (secondary N) is 1. The number of fused-ring (bicyclic) bond motifs is 1. The quantitative estimate of drug-likeness (QED) is 0.551. The summed E-state index contributed by atoms with van der Waals surface area (Å²) in [6.45, 7) is 3.35. The summed E-state index contributed by atoms with van der Waals surface area (Å²) >= 11 is 0. The summed E-state index contributed by atoms with van der Waals surface area (Å²) < 4.78 is 39.7. The number of pyridine rings is 1. The fourth-order valence-electron chi connectivity index (χ4n) is 4.27. The van der Waals surface area contributed by atoms with Gasteiger partial charge < -0.3 is 15.5 Å². The number of aryl methyl sites for hydroxylation is 1. The third kappa shape index (κ3) is 4.27. The summed E-state index contributed by atoms with van der Waals surface area (Å²) in [5, 5.41) is 33.0.